The minimum absolute atomic E-state index is 0.848. The molecule has 148 valence electrons. The van der Waals surface area contributed by atoms with Gasteiger partial charge in [-0.25, -0.2) is 0 Å². The zero-order valence-corrected chi connectivity index (χ0v) is 20.9. The van der Waals surface area contributed by atoms with Crippen LogP contribution in [-0.2, 0) is 8.23 Å². The molecule has 1 aromatic rings. The molecular weight excluding hydrogens is 368 g/mol. The van der Waals surface area contributed by atoms with Crippen LogP contribution in [0.5, 0.6) is 0 Å². The fourth-order valence-corrected chi connectivity index (χ4v) is 19.4. The minimum Gasteiger partial charge on any atom is -0.432 e. The second-order valence-electron chi connectivity index (χ2n) is 7.30. The average Bonchev–Trinajstić information content (AvgIpc) is 2.71. The first kappa shape index (κ1) is 23.6. The Hall–Kier alpha value is -0.469. The van der Waals surface area contributed by atoms with Crippen molar-refractivity contribution in [3.8, 4) is 0 Å². The maximum atomic E-state index is 7.28. The molecule has 0 aliphatic heterocycles. The number of rotatable bonds is 13. The molecule has 0 heterocycles. The van der Waals surface area contributed by atoms with Crippen molar-refractivity contribution < 1.29 is 8.23 Å². The van der Waals surface area contributed by atoms with Gasteiger partial charge in [-0.1, -0.05) is 78.0 Å². The molecule has 0 unspecified atom stereocenters. The lowest BCUT2D eigenvalue weighted by molar-refractivity contribution is 0.381. The van der Waals surface area contributed by atoms with Gasteiger partial charge in [0.25, 0.3) is 0 Å². The average molecular weight is 409 g/mol. The molecule has 0 aromatic heterocycles. The highest BCUT2D eigenvalue weighted by Gasteiger charge is 2.50. The Morgan fingerprint density at radius 2 is 1.12 bits per heavy atom. The summed E-state index contributed by atoms with van der Waals surface area (Å²) in [6, 6.07) is 18.6. The summed E-state index contributed by atoms with van der Waals surface area (Å²) in [7, 11) is -6.16. The van der Waals surface area contributed by atoms with E-state index in [1.54, 1.807) is 0 Å². The van der Waals surface area contributed by atoms with Crippen molar-refractivity contribution >= 4 is 30.4 Å². The third-order valence-electron chi connectivity index (χ3n) is 6.26. The van der Waals surface area contributed by atoms with Crippen LogP contribution in [0.3, 0.4) is 0 Å². The molecule has 0 spiro atoms. The highest BCUT2D eigenvalue weighted by molar-refractivity contribution is 6.96. The van der Waals surface area contributed by atoms with Crippen LogP contribution in [-0.4, -0.2) is 25.2 Å². The molecule has 0 amide bonds. The van der Waals surface area contributed by atoms with Gasteiger partial charge in [0.2, 0.25) is 0 Å². The summed E-state index contributed by atoms with van der Waals surface area (Å²) in [6.07, 6.45) is 2.04. The fraction of sp³-hybridized carbons (Fsp3) is 0.619. The molecule has 0 radical (unpaired) electrons. The second-order valence-corrected chi connectivity index (χ2v) is 20.4. The summed E-state index contributed by atoms with van der Waals surface area (Å²) >= 11 is 0. The van der Waals surface area contributed by atoms with Gasteiger partial charge in [0, 0.05) is 6.04 Å². The number of allylic oxidation sites excluding steroid dienone is 1. The van der Waals surface area contributed by atoms with E-state index in [1.165, 1.54) is 5.19 Å². The standard InChI is InChI=1S/C21H40O2Si3/c1-8-20-26(21-18-16-15-17-19-21,22-24(9-2,10-3)11-4)23-25(12-5,13-6)14-7/h8,15-19H,1,9-14,20H2,2-7H3. The first-order valence-electron chi connectivity index (χ1n) is 10.5. The predicted molar refractivity (Wildman–Crippen MR) is 123 cm³/mol. The number of hydrogen-bond acceptors (Lipinski definition) is 2. The number of hydrogen-bond donors (Lipinski definition) is 0. The topological polar surface area (TPSA) is 18.5 Å². The molecule has 0 aliphatic carbocycles. The lowest BCUT2D eigenvalue weighted by Crippen LogP contribution is -2.64. The van der Waals surface area contributed by atoms with Crippen LogP contribution in [0.2, 0.25) is 42.3 Å². The normalized spacial score (nSPS) is 13.0. The van der Waals surface area contributed by atoms with Crippen molar-refractivity contribution in [2.24, 2.45) is 0 Å². The van der Waals surface area contributed by atoms with E-state index in [4.69, 9.17) is 8.23 Å². The van der Waals surface area contributed by atoms with Crippen LogP contribution in [0.25, 0.3) is 0 Å². The maximum Gasteiger partial charge on any atom is 0.355 e. The highest BCUT2D eigenvalue weighted by Crippen LogP contribution is 2.34. The SMILES string of the molecule is C=CC[Si](O[Si](CC)(CC)CC)(O[Si](CC)(CC)CC)c1ccccc1. The smallest absolute Gasteiger partial charge is 0.355 e. The highest BCUT2D eigenvalue weighted by atomic mass is 28.5. The Kier molecular flexibility index (Phi) is 9.75. The van der Waals surface area contributed by atoms with Gasteiger partial charge in [-0.15, -0.1) is 6.58 Å². The molecule has 1 rings (SSSR count). The third kappa shape index (κ3) is 5.29. The van der Waals surface area contributed by atoms with Crippen LogP contribution in [0.4, 0.5) is 0 Å². The van der Waals surface area contributed by atoms with E-state index < -0.39 is 25.2 Å². The quantitative estimate of drug-likeness (QED) is 0.271. The number of benzene rings is 1. The van der Waals surface area contributed by atoms with E-state index in [9.17, 15) is 0 Å². The Labute approximate surface area is 165 Å². The summed E-state index contributed by atoms with van der Waals surface area (Å²) in [5.74, 6) is 0. The van der Waals surface area contributed by atoms with Gasteiger partial charge in [0.05, 0.1) is 0 Å². The summed E-state index contributed by atoms with van der Waals surface area (Å²) in [5, 5.41) is 1.29. The second kappa shape index (κ2) is 10.8. The lowest BCUT2D eigenvalue weighted by atomic mass is 10.4. The Bertz CT molecular complexity index is 487. The van der Waals surface area contributed by atoms with Crippen LogP contribution in [0.1, 0.15) is 41.5 Å². The zero-order chi connectivity index (χ0) is 19.7. The molecule has 0 fully saturated rings. The van der Waals surface area contributed by atoms with Crippen LogP contribution in [0.15, 0.2) is 43.0 Å². The molecule has 0 saturated carbocycles. The molecule has 2 nitrogen and oxygen atoms in total. The van der Waals surface area contributed by atoms with Gasteiger partial charge in [-0.3, -0.25) is 0 Å². The van der Waals surface area contributed by atoms with E-state index in [1.807, 2.05) is 6.08 Å². The van der Waals surface area contributed by atoms with Crippen LogP contribution in [0, 0.1) is 0 Å². The Morgan fingerprint density at radius 1 is 0.731 bits per heavy atom. The Morgan fingerprint density at radius 3 is 1.42 bits per heavy atom. The molecular formula is C21H40O2Si3. The van der Waals surface area contributed by atoms with Crippen LogP contribution >= 0.6 is 0 Å². The van der Waals surface area contributed by atoms with E-state index in [2.05, 4.69) is 78.5 Å². The van der Waals surface area contributed by atoms with E-state index in [0.29, 0.717) is 0 Å². The summed E-state index contributed by atoms with van der Waals surface area (Å²) in [6.45, 7) is 17.9. The molecule has 26 heavy (non-hydrogen) atoms. The van der Waals surface area contributed by atoms with Gasteiger partial charge in [0.1, 0.15) is 0 Å². The molecule has 1 aromatic carbocycles. The van der Waals surface area contributed by atoms with Crippen molar-refractivity contribution in [1.29, 1.82) is 0 Å². The van der Waals surface area contributed by atoms with E-state index in [0.717, 1.165) is 42.3 Å². The molecule has 5 heteroatoms. The maximum absolute atomic E-state index is 7.28. The molecule has 0 aliphatic rings. The van der Waals surface area contributed by atoms with Gasteiger partial charge in [-0.05, 0) is 41.5 Å². The summed E-state index contributed by atoms with van der Waals surface area (Å²) in [5.41, 5.74) is 0. The minimum atomic E-state index is -2.56. The van der Waals surface area contributed by atoms with Gasteiger partial charge < -0.3 is 8.23 Å². The predicted octanol–water partition coefficient (Wildman–Crippen LogP) is 6.57. The largest absolute Gasteiger partial charge is 0.432 e. The first-order chi connectivity index (χ1) is 12.4. The third-order valence-corrected chi connectivity index (χ3v) is 22.1. The Balaban J connectivity index is 3.53. The lowest BCUT2D eigenvalue weighted by Gasteiger charge is -2.45. The zero-order valence-electron chi connectivity index (χ0n) is 17.9. The van der Waals surface area contributed by atoms with Crippen molar-refractivity contribution in [2.45, 2.75) is 83.9 Å². The van der Waals surface area contributed by atoms with Crippen molar-refractivity contribution in [3.05, 3.63) is 43.0 Å². The summed E-state index contributed by atoms with van der Waals surface area (Å²) < 4.78 is 14.6. The van der Waals surface area contributed by atoms with Crippen molar-refractivity contribution in [3.63, 3.8) is 0 Å². The molecule has 0 bridgehead atoms. The van der Waals surface area contributed by atoms with Gasteiger partial charge in [-0.2, -0.15) is 0 Å². The van der Waals surface area contributed by atoms with Gasteiger partial charge >= 0.3 is 8.56 Å². The first-order valence-corrected chi connectivity index (χ1v) is 17.6. The van der Waals surface area contributed by atoms with E-state index >= 15 is 0 Å². The molecule has 0 saturated heterocycles. The van der Waals surface area contributed by atoms with Crippen LogP contribution < -0.4 is 5.19 Å². The monoisotopic (exact) mass is 408 g/mol. The summed E-state index contributed by atoms with van der Waals surface area (Å²) in [4.78, 5) is 0. The fourth-order valence-electron chi connectivity index (χ4n) is 3.85. The van der Waals surface area contributed by atoms with E-state index in [-0.39, 0.29) is 0 Å². The van der Waals surface area contributed by atoms with Gasteiger partial charge in [0.15, 0.2) is 16.6 Å². The molecule has 0 N–H and O–H groups in total. The van der Waals surface area contributed by atoms with Crippen molar-refractivity contribution in [2.75, 3.05) is 0 Å². The molecule has 0 atom stereocenters. The van der Waals surface area contributed by atoms with Crippen molar-refractivity contribution in [1.82, 2.24) is 0 Å².